The van der Waals surface area contributed by atoms with Crippen LogP contribution in [-0.2, 0) is 14.3 Å². The first kappa shape index (κ1) is 12.3. The van der Waals surface area contributed by atoms with E-state index in [0.717, 1.165) is 3.58 Å². The molecule has 2 atom stereocenters. The molecule has 1 aliphatic heterocycles. The first-order chi connectivity index (χ1) is 7.33. The average molecular weight is 334 g/mol. The Morgan fingerprint density at radius 2 is 2.12 bits per heavy atom. The van der Waals surface area contributed by atoms with E-state index in [9.17, 15) is 4.79 Å². The summed E-state index contributed by atoms with van der Waals surface area (Å²) in [7, 11) is 0. The highest BCUT2D eigenvalue weighted by Gasteiger charge is 2.49. The van der Waals surface area contributed by atoms with Crippen molar-refractivity contribution >= 4 is 28.4 Å². The van der Waals surface area contributed by atoms with E-state index in [1.807, 2.05) is 0 Å². The molecule has 0 radical (unpaired) electrons. The fourth-order valence-electron chi connectivity index (χ4n) is 1.68. The summed E-state index contributed by atoms with van der Waals surface area (Å²) in [6, 6.07) is 0. The molecule has 88 valence electrons. The van der Waals surface area contributed by atoms with Crippen LogP contribution in [0.1, 0.15) is 20.8 Å². The second-order valence-electron chi connectivity index (χ2n) is 5.18. The molecular formula is C12H15IO3. The standard InChI is InChI=1S/C12H15IO3/c1-11(2,3)10-7-15-12(16-10)6-8(13)4-5-9(12)14/h4-6,10H,7H2,1-3H3. The quantitative estimate of drug-likeness (QED) is 0.639. The van der Waals surface area contributed by atoms with Crippen molar-refractivity contribution in [1.82, 2.24) is 0 Å². The summed E-state index contributed by atoms with van der Waals surface area (Å²) in [5.41, 5.74) is -0.0236. The zero-order valence-electron chi connectivity index (χ0n) is 9.62. The van der Waals surface area contributed by atoms with Crippen molar-refractivity contribution < 1.29 is 14.3 Å². The lowest BCUT2D eigenvalue weighted by Gasteiger charge is -2.28. The number of allylic oxidation sites excluding steroid dienone is 2. The Kier molecular flexibility index (Phi) is 3.01. The molecule has 1 aliphatic carbocycles. The minimum atomic E-state index is -1.16. The minimum Gasteiger partial charge on any atom is -0.337 e. The highest BCUT2D eigenvalue weighted by Crippen LogP contribution is 2.38. The first-order valence-electron chi connectivity index (χ1n) is 5.26. The molecule has 0 N–H and O–H groups in total. The Morgan fingerprint density at radius 3 is 2.69 bits per heavy atom. The van der Waals surface area contributed by atoms with E-state index in [-0.39, 0.29) is 17.3 Å². The number of halogens is 1. The molecule has 2 rings (SSSR count). The predicted molar refractivity (Wildman–Crippen MR) is 69.3 cm³/mol. The van der Waals surface area contributed by atoms with Crippen molar-refractivity contribution in [2.45, 2.75) is 32.7 Å². The van der Waals surface area contributed by atoms with Crippen molar-refractivity contribution in [3.05, 3.63) is 21.8 Å². The van der Waals surface area contributed by atoms with E-state index in [4.69, 9.17) is 9.47 Å². The number of hydrogen-bond acceptors (Lipinski definition) is 3. The lowest BCUT2D eigenvalue weighted by atomic mass is 9.90. The number of ketones is 1. The number of ether oxygens (including phenoxy) is 2. The van der Waals surface area contributed by atoms with Crippen LogP contribution in [0.5, 0.6) is 0 Å². The third kappa shape index (κ3) is 2.10. The van der Waals surface area contributed by atoms with Gasteiger partial charge in [-0.2, -0.15) is 0 Å². The Hall–Kier alpha value is -0.200. The predicted octanol–water partition coefficient (Wildman–Crippen LogP) is 2.60. The van der Waals surface area contributed by atoms with Crippen LogP contribution in [0, 0.1) is 5.41 Å². The van der Waals surface area contributed by atoms with Gasteiger partial charge in [0.15, 0.2) is 0 Å². The molecule has 2 aliphatic rings. The van der Waals surface area contributed by atoms with Crippen LogP contribution in [0.3, 0.4) is 0 Å². The smallest absolute Gasteiger partial charge is 0.255 e. The Morgan fingerprint density at radius 1 is 1.44 bits per heavy atom. The molecule has 0 saturated carbocycles. The number of rotatable bonds is 0. The zero-order valence-corrected chi connectivity index (χ0v) is 11.8. The second kappa shape index (κ2) is 3.92. The fourth-order valence-corrected chi connectivity index (χ4v) is 2.27. The molecule has 0 aromatic rings. The summed E-state index contributed by atoms with van der Waals surface area (Å²) in [4.78, 5) is 11.9. The topological polar surface area (TPSA) is 35.5 Å². The van der Waals surface area contributed by atoms with Gasteiger partial charge in [0.1, 0.15) is 0 Å². The van der Waals surface area contributed by atoms with E-state index in [0.29, 0.717) is 6.61 Å². The summed E-state index contributed by atoms with van der Waals surface area (Å²) in [5.74, 6) is -1.29. The van der Waals surface area contributed by atoms with Crippen molar-refractivity contribution in [2.24, 2.45) is 5.41 Å². The van der Waals surface area contributed by atoms with E-state index in [2.05, 4.69) is 43.4 Å². The van der Waals surface area contributed by atoms with Gasteiger partial charge in [0.2, 0.25) is 5.78 Å². The van der Waals surface area contributed by atoms with Gasteiger partial charge in [-0.3, -0.25) is 4.79 Å². The van der Waals surface area contributed by atoms with Crippen LogP contribution >= 0.6 is 22.6 Å². The Balaban J connectivity index is 2.24. The summed E-state index contributed by atoms with van der Waals surface area (Å²) in [5, 5.41) is 0. The fraction of sp³-hybridized carbons (Fsp3) is 0.583. The summed E-state index contributed by atoms with van der Waals surface area (Å²) < 4.78 is 12.4. The molecule has 1 heterocycles. The van der Waals surface area contributed by atoms with Gasteiger partial charge in [-0.25, -0.2) is 0 Å². The van der Waals surface area contributed by atoms with Gasteiger partial charge in [-0.1, -0.05) is 20.8 Å². The molecule has 0 bridgehead atoms. The normalized spacial score (nSPS) is 34.6. The van der Waals surface area contributed by atoms with Gasteiger partial charge in [-0.05, 0) is 46.2 Å². The lowest BCUT2D eigenvalue weighted by molar-refractivity contribution is -0.167. The van der Waals surface area contributed by atoms with Crippen LogP contribution in [0.4, 0.5) is 0 Å². The van der Waals surface area contributed by atoms with E-state index < -0.39 is 5.79 Å². The van der Waals surface area contributed by atoms with Crippen LogP contribution in [0.25, 0.3) is 0 Å². The summed E-state index contributed by atoms with van der Waals surface area (Å²) in [6.07, 6.45) is 4.99. The van der Waals surface area contributed by atoms with Crippen LogP contribution in [0.2, 0.25) is 0 Å². The molecule has 2 unspecified atom stereocenters. The number of carbonyl (C=O) groups is 1. The maximum absolute atomic E-state index is 11.9. The van der Waals surface area contributed by atoms with Gasteiger partial charge in [0, 0.05) is 3.58 Å². The maximum Gasteiger partial charge on any atom is 0.255 e. The molecule has 0 aromatic heterocycles. The van der Waals surface area contributed by atoms with Crippen LogP contribution in [-0.4, -0.2) is 24.3 Å². The minimum absolute atomic E-state index is 0.0236. The van der Waals surface area contributed by atoms with Crippen molar-refractivity contribution in [1.29, 1.82) is 0 Å². The molecule has 0 amide bonds. The molecular weight excluding hydrogens is 319 g/mol. The third-order valence-electron chi connectivity index (χ3n) is 2.80. The zero-order chi connectivity index (χ0) is 12.0. The van der Waals surface area contributed by atoms with Crippen LogP contribution in [0.15, 0.2) is 21.8 Å². The van der Waals surface area contributed by atoms with Crippen molar-refractivity contribution in [2.75, 3.05) is 6.61 Å². The molecule has 1 saturated heterocycles. The molecule has 1 spiro atoms. The van der Waals surface area contributed by atoms with Crippen LogP contribution < -0.4 is 0 Å². The highest BCUT2D eigenvalue weighted by molar-refractivity contribution is 14.1. The Bertz CT molecular complexity index is 378. The highest BCUT2D eigenvalue weighted by atomic mass is 127. The van der Waals surface area contributed by atoms with E-state index in [1.54, 1.807) is 12.2 Å². The van der Waals surface area contributed by atoms with Gasteiger partial charge in [0.25, 0.3) is 5.79 Å². The summed E-state index contributed by atoms with van der Waals surface area (Å²) >= 11 is 2.16. The number of carbonyl (C=O) groups excluding carboxylic acids is 1. The van der Waals surface area contributed by atoms with Gasteiger partial charge < -0.3 is 9.47 Å². The van der Waals surface area contributed by atoms with Crippen molar-refractivity contribution in [3.63, 3.8) is 0 Å². The van der Waals surface area contributed by atoms with Gasteiger partial charge in [-0.15, -0.1) is 0 Å². The molecule has 0 aromatic carbocycles. The van der Waals surface area contributed by atoms with Gasteiger partial charge in [0.05, 0.1) is 12.7 Å². The molecule has 16 heavy (non-hydrogen) atoms. The monoisotopic (exact) mass is 334 g/mol. The Labute approximate surface area is 109 Å². The lowest BCUT2D eigenvalue weighted by Crippen LogP contribution is -2.40. The summed E-state index contributed by atoms with van der Waals surface area (Å²) in [6.45, 7) is 6.71. The van der Waals surface area contributed by atoms with Crippen molar-refractivity contribution in [3.8, 4) is 0 Å². The molecule has 3 nitrogen and oxygen atoms in total. The number of hydrogen-bond donors (Lipinski definition) is 0. The van der Waals surface area contributed by atoms with E-state index in [1.165, 1.54) is 6.08 Å². The molecule has 4 heteroatoms. The second-order valence-corrected chi connectivity index (χ2v) is 6.42. The largest absolute Gasteiger partial charge is 0.337 e. The third-order valence-corrected chi connectivity index (χ3v) is 3.47. The first-order valence-corrected chi connectivity index (χ1v) is 6.34. The van der Waals surface area contributed by atoms with Gasteiger partial charge >= 0.3 is 0 Å². The molecule has 1 fully saturated rings. The average Bonchev–Trinajstić information content (AvgIpc) is 2.57. The van der Waals surface area contributed by atoms with E-state index >= 15 is 0 Å². The SMILES string of the molecule is CC(C)(C)C1COC2(C=C(I)C=CC2=O)O1. The maximum atomic E-state index is 11.9.